The second-order valence-electron chi connectivity index (χ2n) is 11.4. The van der Waals surface area contributed by atoms with Gasteiger partial charge in [-0.05, 0) is 72.5 Å². The number of hydrogen-bond donors (Lipinski definition) is 6. The molecule has 4 aromatic rings. The molecule has 4 aromatic carbocycles. The first-order valence-electron chi connectivity index (χ1n) is 16.6. The molecule has 0 radical (unpaired) electrons. The van der Waals surface area contributed by atoms with Crippen molar-refractivity contribution in [1.82, 2.24) is 20.8 Å². The van der Waals surface area contributed by atoms with Crippen molar-refractivity contribution in [1.29, 1.82) is 0 Å². The maximum Gasteiger partial charge on any atom is 0.322 e. The van der Waals surface area contributed by atoms with Gasteiger partial charge in [0.25, 0.3) is 11.8 Å². The molecule has 0 bridgehead atoms. The fraction of sp³-hybridized carbons (Fsp3) is 0.263. The van der Waals surface area contributed by atoms with Gasteiger partial charge in [0.15, 0.2) is 0 Å². The van der Waals surface area contributed by atoms with Gasteiger partial charge in [-0.25, -0.2) is 20.5 Å². The molecule has 12 nitrogen and oxygen atoms in total. The van der Waals surface area contributed by atoms with E-state index in [-0.39, 0.29) is 12.1 Å². The van der Waals surface area contributed by atoms with Gasteiger partial charge in [0.2, 0.25) is 0 Å². The molecule has 0 aromatic heterocycles. The molecular formula is C38H46N6O6. The molecule has 0 aliphatic heterocycles. The zero-order valence-electron chi connectivity index (χ0n) is 28.5. The maximum absolute atomic E-state index is 12.6. The number of anilines is 2. The van der Waals surface area contributed by atoms with Gasteiger partial charge in [-0.2, -0.15) is 0 Å². The second kappa shape index (κ2) is 21.3. The summed E-state index contributed by atoms with van der Waals surface area (Å²) in [6.45, 7) is 6.34. The first-order valence-corrected chi connectivity index (χ1v) is 16.6. The summed E-state index contributed by atoms with van der Waals surface area (Å²) < 4.78 is 0. The van der Waals surface area contributed by atoms with Crippen LogP contribution in [0, 0.1) is 0 Å². The van der Waals surface area contributed by atoms with E-state index in [0.717, 1.165) is 48.2 Å². The lowest BCUT2D eigenvalue weighted by Crippen LogP contribution is -2.35. The van der Waals surface area contributed by atoms with E-state index in [1.807, 2.05) is 60.7 Å². The standard InChI is InChI=1S/2C19H23N3O3/c2*1-2-3-13-22(19(24)20-17-7-5-4-6-8-17)14-15-9-11-16(12-10-15)18(23)21-25/h2*4-12,25H,2-3,13-14H2,1H3,(H,20,24)(H,21,23). The smallest absolute Gasteiger partial charge is 0.320 e. The molecule has 0 aliphatic carbocycles. The van der Waals surface area contributed by atoms with Crippen molar-refractivity contribution in [2.75, 3.05) is 23.7 Å². The molecule has 50 heavy (non-hydrogen) atoms. The predicted octanol–water partition coefficient (Wildman–Crippen LogP) is 7.28. The molecule has 0 fully saturated rings. The number of para-hydroxylation sites is 2. The number of carbonyl (C=O) groups is 4. The molecular weight excluding hydrogens is 636 g/mol. The van der Waals surface area contributed by atoms with Crippen LogP contribution in [0.1, 0.15) is 71.4 Å². The number of hydroxylamine groups is 2. The summed E-state index contributed by atoms with van der Waals surface area (Å²) in [5.41, 5.74) is 7.25. The highest BCUT2D eigenvalue weighted by molar-refractivity contribution is 5.94. The minimum atomic E-state index is -0.559. The van der Waals surface area contributed by atoms with Crippen LogP contribution in [0.15, 0.2) is 109 Å². The number of carbonyl (C=O) groups excluding carboxylic acids is 4. The topological polar surface area (TPSA) is 163 Å². The van der Waals surface area contributed by atoms with E-state index in [1.54, 1.807) is 69.3 Å². The molecule has 0 atom stereocenters. The highest BCUT2D eigenvalue weighted by Crippen LogP contribution is 2.14. The summed E-state index contributed by atoms with van der Waals surface area (Å²) in [4.78, 5) is 51.3. The van der Waals surface area contributed by atoms with Crippen molar-refractivity contribution in [3.05, 3.63) is 131 Å². The maximum atomic E-state index is 12.6. The van der Waals surface area contributed by atoms with Crippen molar-refractivity contribution in [2.45, 2.75) is 52.6 Å². The number of urea groups is 2. The molecule has 0 unspecified atom stereocenters. The molecule has 4 rings (SSSR count). The van der Waals surface area contributed by atoms with E-state index in [4.69, 9.17) is 10.4 Å². The third-order valence-corrected chi connectivity index (χ3v) is 7.57. The van der Waals surface area contributed by atoms with Crippen LogP contribution < -0.4 is 21.6 Å². The van der Waals surface area contributed by atoms with Crippen LogP contribution in [-0.4, -0.2) is 57.2 Å². The van der Waals surface area contributed by atoms with Crippen LogP contribution in [0.2, 0.25) is 0 Å². The van der Waals surface area contributed by atoms with Crippen LogP contribution in [0.25, 0.3) is 0 Å². The van der Waals surface area contributed by atoms with Gasteiger partial charge in [-0.3, -0.25) is 20.0 Å². The highest BCUT2D eigenvalue weighted by Gasteiger charge is 2.16. The Hall–Kier alpha value is -5.72. The average Bonchev–Trinajstić information content (AvgIpc) is 3.15. The highest BCUT2D eigenvalue weighted by atomic mass is 16.5. The van der Waals surface area contributed by atoms with E-state index in [9.17, 15) is 19.2 Å². The van der Waals surface area contributed by atoms with Crippen molar-refractivity contribution >= 4 is 35.3 Å². The summed E-state index contributed by atoms with van der Waals surface area (Å²) >= 11 is 0. The van der Waals surface area contributed by atoms with Crippen LogP contribution in [-0.2, 0) is 13.1 Å². The monoisotopic (exact) mass is 682 g/mol. The number of nitrogens with zero attached hydrogens (tertiary/aromatic N) is 2. The van der Waals surface area contributed by atoms with E-state index in [1.165, 1.54) is 0 Å². The predicted molar refractivity (Wildman–Crippen MR) is 193 cm³/mol. The lowest BCUT2D eigenvalue weighted by atomic mass is 10.1. The fourth-order valence-corrected chi connectivity index (χ4v) is 4.74. The summed E-state index contributed by atoms with van der Waals surface area (Å²) in [5, 5.41) is 23.1. The lowest BCUT2D eigenvalue weighted by molar-refractivity contribution is 0.0702. The fourth-order valence-electron chi connectivity index (χ4n) is 4.74. The van der Waals surface area contributed by atoms with Gasteiger partial charge < -0.3 is 20.4 Å². The van der Waals surface area contributed by atoms with Gasteiger partial charge in [-0.15, -0.1) is 0 Å². The van der Waals surface area contributed by atoms with E-state index in [2.05, 4.69) is 24.5 Å². The Morgan fingerprint density at radius 3 is 1.16 bits per heavy atom. The molecule has 264 valence electrons. The lowest BCUT2D eigenvalue weighted by Gasteiger charge is -2.23. The summed E-state index contributed by atoms with van der Waals surface area (Å²) in [6, 6.07) is 31.9. The van der Waals surface area contributed by atoms with Crippen LogP contribution >= 0.6 is 0 Å². The van der Waals surface area contributed by atoms with E-state index >= 15 is 0 Å². The van der Waals surface area contributed by atoms with Crippen LogP contribution in [0.3, 0.4) is 0 Å². The van der Waals surface area contributed by atoms with Gasteiger partial charge in [0.1, 0.15) is 0 Å². The molecule has 0 saturated carbocycles. The third-order valence-electron chi connectivity index (χ3n) is 7.57. The molecule has 0 heterocycles. The SMILES string of the molecule is CCCCN(Cc1ccc(C(=O)NO)cc1)C(=O)Nc1ccccc1.CCCCN(Cc1ccc(C(=O)NO)cc1)C(=O)Nc1ccccc1. The molecule has 0 saturated heterocycles. The van der Waals surface area contributed by atoms with Crippen LogP contribution in [0.4, 0.5) is 21.0 Å². The number of hydrogen-bond acceptors (Lipinski definition) is 6. The second-order valence-corrected chi connectivity index (χ2v) is 11.4. The Labute approximate surface area is 293 Å². The van der Waals surface area contributed by atoms with Crippen molar-refractivity contribution in [3.8, 4) is 0 Å². The summed E-state index contributed by atoms with van der Waals surface area (Å²) in [5.74, 6) is -1.12. The molecule has 12 heteroatoms. The average molecular weight is 683 g/mol. The minimum Gasteiger partial charge on any atom is -0.320 e. The first-order chi connectivity index (χ1) is 24.3. The zero-order valence-corrected chi connectivity index (χ0v) is 28.5. The Morgan fingerprint density at radius 2 is 0.860 bits per heavy atom. The summed E-state index contributed by atoms with van der Waals surface area (Å²) in [7, 11) is 0. The largest absolute Gasteiger partial charge is 0.322 e. The van der Waals surface area contributed by atoms with Gasteiger partial charge in [0, 0.05) is 48.7 Å². The normalized spacial score (nSPS) is 10.2. The number of amides is 6. The van der Waals surface area contributed by atoms with E-state index in [0.29, 0.717) is 37.3 Å². The summed E-state index contributed by atoms with van der Waals surface area (Å²) in [6.07, 6.45) is 3.80. The third kappa shape index (κ3) is 13.1. The number of benzene rings is 4. The molecule has 0 aliphatic rings. The van der Waals surface area contributed by atoms with Crippen molar-refractivity contribution in [3.63, 3.8) is 0 Å². The molecule has 6 N–H and O–H groups in total. The van der Waals surface area contributed by atoms with Gasteiger partial charge in [0.05, 0.1) is 0 Å². The van der Waals surface area contributed by atoms with Crippen molar-refractivity contribution < 1.29 is 29.6 Å². The molecule has 0 spiro atoms. The Balaban J connectivity index is 0.000000270. The van der Waals surface area contributed by atoms with E-state index < -0.39 is 11.8 Å². The molecule has 6 amide bonds. The van der Waals surface area contributed by atoms with Crippen LogP contribution in [0.5, 0.6) is 0 Å². The zero-order chi connectivity index (χ0) is 36.1. The van der Waals surface area contributed by atoms with Crippen molar-refractivity contribution in [2.24, 2.45) is 0 Å². The first kappa shape index (κ1) is 38.7. The number of unbranched alkanes of at least 4 members (excludes halogenated alkanes) is 2. The number of nitrogens with one attached hydrogen (secondary N) is 4. The quantitative estimate of drug-likeness (QED) is 0.0605. The Morgan fingerprint density at radius 1 is 0.520 bits per heavy atom. The Bertz CT molecular complexity index is 1500. The number of rotatable bonds is 14. The Kier molecular flexibility index (Phi) is 16.5. The van der Waals surface area contributed by atoms with Gasteiger partial charge >= 0.3 is 12.1 Å². The van der Waals surface area contributed by atoms with Gasteiger partial charge in [-0.1, -0.05) is 87.4 Å². The minimum absolute atomic E-state index is 0.156.